The van der Waals surface area contributed by atoms with Crippen LogP contribution in [0, 0.1) is 0 Å². The maximum atomic E-state index is 12.5. The van der Waals surface area contributed by atoms with Crippen molar-refractivity contribution in [1.29, 1.82) is 0 Å². The van der Waals surface area contributed by atoms with Gasteiger partial charge in [0.2, 0.25) is 10.0 Å². The third kappa shape index (κ3) is 4.74. The van der Waals surface area contributed by atoms with E-state index < -0.39 is 10.0 Å². The molecule has 31 heavy (non-hydrogen) atoms. The summed E-state index contributed by atoms with van der Waals surface area (Å²) in [7, 11) is -1.19. The Morgan fingerprint density at radius 2 is 1.84 bits per heavy atom. The normalized spacial score (nSPS) is 16.0. The summed E-state index contributed by atoms with van der Waals surface area (Å²) in [5, 5.41) is 3.27. The number of carbonyl (C=O) groups excluding carboxylic acids is 1. The second-order valence-corrected chi connectivity index (χ2v) is 10.1. The Labute approximate surface area is 186 Å². The smallest absolute Gasteiger partial charge is 0.257 e. The van der Waals surface area contributed by atoms with Crippen molar-refractivity contribution < 1.29 is 13.2 Å². The molecule has 0 aliphatic carbocycles. The lowest BCUT2D eigenvalue weighted by atomic mass is 10.2. The molecule has 0 unspecified atom stereocenters. The van der Waals surface area contributed by atoms with E-state index in [2.05, 4.69) is 10.2 Å². The lowest BCUT2D eigenvalue weighted by Crippen LogP contribution is -2.48. The number of nitrogens with zero attached hydrogens (tertiary/aromatic N) is 4. The van der Waals surface area contributed by atoms with E-state index >= 15 is 0 Å². The Kier molecular flexibility index (Phi) is 6.02. The number of rotatable bonds is 5. The standard InChI is InChI=1S/C21H24ClN5O3S/c1-25-19-8-7-15(23-21(28)16-5-3-4-6-17(16)22)13-18(19)24-20(25)14-26-9-11-27(12-10-26)31(2,29)30/h3-8,13H,9-12,14H2,1-2H3,(H,23,28). The summed E-state index contributed by atoms with van der Waals surface area (Å²) in [6, 6.07) is 12.5. The molecule has 4 rings (SSSR count). The zero-order valence-electron chi connectivity index (χ0n) is 17.4. The Morgan fingerprint density at radius 1 is 1.13 bits per heavy atom. The van der Waals surface area contributed by atoms with Gasteiger partial charge in [-0.25, -0.2) is 13.4 Å². The molecule has 2 heterocycles. The zero-order valence-corrected chi connectivity index (χ0v) is 18.9. The van der Waals surface area contributed by atoms with Crippen molar-refractivity contribution in [3.63, 3.8) is 0 Å². The number of amides is 1. The molecule has 1 amide bonds. The van der Waals surface area contributed by atoms with Gasteiger partial charge in [0.1, 0.15) is 5.82 Å². The number of sulfonamides is 1. The summed E-state index contributed by atoms with van der Waals surface area (Å²) in [4.78, 5) is 19.5. The van der Waals surface area contributed by atoms with Crippen LogP contribution in [0.1, 0.15) is 16.2 Å². The van der Waals surface area contributed by atoms with Gasteiger partial charge in [0.05, 0.1) is 34.4 Å². The molecule has 164 valence electrons. The Bertz CT molecular complexity index is 1230. The summed E-state index contributed by atoms with van der Waals surface area (Å²) >= 11 is 6.11. The van der Waals surface area contributed by atoms with Crippen LogP contribution in [0.4, 0.5) is 5.69 Å². The second kappa shape index (κ2) is 8.58. The largest absolute Gasteiger partial charge is 0.330 e. The molecule has 0 spiro atoms. The van der Waals surface area contributed by atoms with Crippen LogP contribution in [0.5, 0.6) is 0 Å². The minimum Gasteiger partial charge on any atom is -0.330 e. The van der Waals surface area contributed by atoms with Crippen molar-refractivity contribution in [3.05, 3.63) is 58.9 Å². The average molecular weight is 462 g/mol. The van der Waals surface area contributed by atoms with Gasteiger partial charge in [-0.2, -0.15) is 4.31 Å². The maximum Gasteiger partial charge on any atom is 0.257 e. The van der Waals surface area contributed by atoms with Gasteiger partial charge in [0, 0.05) is 38.9 Å². The Hall–Kier alpha value is -2.46. The van der Waals surface area contributed by atoms with Crippen LogP contribution >= 0.6 is 11.6 Å². The molecule has 8 nitrogen and oxygen atoms in total. The number of fused-ring (bicyclic) bond motifs is 1. The highest BCUT2D eigenvalue weighted by Crippen LogP contribution is 2.23. The van der Waals surface area contributed by atoms with Crippen LogP contribution in [0.3, 0.4) is 0 Å². The molecule has 1 aliphatic heterocycles. The Morgan fingerprint density at radius 3 is 2.52 bits per heavy atom. The molecule has 1 fully saturated rings. The van der Waals surface area contributed by atoms with E-state index in [-0.39, 0.29) is 5.91 Å². The van der Waals surface area contributed by atoms with Gasteiger partial charge in [-0.3, -0.25) is 9.69 Å². The highest BCUT2D eigenvalue weighted by Gasteiger charge is 2.24. The number of piperazine rings is 1. The number of anilines is 1. The van der Waals surface area contributed by atoms with Crippen molar-refractivity contribution in [2.24, 2.45) is 7.05 Å². The molecule has 10 heteroatoms. The van der Waals surface area contributed by atoms with E-state index in [1.54, 1.807) is 24.3 Å². The molecule has 1 saturated heterocycles. The monoisotopic (exact) mass is 461 g/mol. The number of halogens is 1. The van der Waals surface area contributed by atoms with Gasteiger partial charge in [0.25, 0.3) is 5.91 Å². The van der Waals surface area contributed by atoms with Crippen LogP contribution in [0.15, 0.2) is 42.5 Å². The fourth-order valence-electron chi connectivity index (χ4n) is 3.73. The number of imidazole rings is 1. The van der Waals surface area contributed by atoms with Crippen molar-refractivity contribution >= 4 is 44.3 Å². The molecular weight excluding hydrogens is 438 g/mol. The zero-order chi connectivity index (χ0) is 22.2. The summed E-state index contributed by atoms with van der Waals surface area (Å²) in [6.45, 7) is 2.93. The summed E-state index contributed by atoms with van der Waals surface area (Å²) < 4.78 is 26.9. The van der Waals surface area contributed by atoms with Crippen LogP contribution in [0.25, 0.3) is 11.0 Å². The molecule has 1 aliphatic rings. The third-order valence-corrected chi connectivity index (χ3v) is 7.15. The molecule has 0 bridgehead atoms. The number of aromatic nitrogens is 2. The summed E-state index contributed by atoms with van der Waals surface area (Å²) in [5.41, 5.74) is 2.80. The summed E-state index contributed by atoms with van der Waals surface area (Å²) in [5.74, 6) is 0.613. The van der Waals surface area contributed by atoms with Crippen LogP contribution in [0.2, 0.25) is 5.02 Å². The van der Waals surface area contributed by atoms with Crippen molar-refractivity contribution in [2.45, 2.75) is 6.54 Å². The molecule has 0 saturated carbocycles. The van der Waals surface area contributed by atoms with Crippen LogP contribution < -0.4 is 5.32 Å². The van der Waals surface area contributed by atoms with E-state index in [1.807, 2.05) is 29.8 Å². The highest BCUT2D eigenvalue weighted by molar-refractivity contribution is 7.88. The lowest BCUT2D eigenvalue weighted by molar-refractivity contribution is 0.102. The van der Waals surface area contributed by atoms with E-state index in [0.29, 0.717) is 49.0 Å². The van der Waals surface area contributed by atoms with Gasteiger partial charge in [-0.1, -0.05) is 23.7 Å². The Balaban J connectivity index is 1.48. The van der Waals surface area contributed by atoms with Gasteiger partial charge in [0.15, 0.2) is 0 Å². The molecule has 3 aromatic rings. The third-order valence-electron chi connectivity index (χ3n) is 5.52. The molecule has 0 radical (unpaired) electrons. The van der Waals surface area contributed by atoms with E-state index in [1.165, 1.54) is 10.6 Å². The minimum atomic E-state index is -3.15. The molecule has 0 atom stereocenters. The van der Waals surface area contributed by atoms with E-state index in [4.69, 9.17) is 16.6 Å². The molecule has 2 aromatic carbocycles. The number of nitrogens with one attached hydrogen (secondary N) is 1. The number of carbonyl (C=O) groups is 1. The fraction of sp³-hybridized carbons (Fsp3) is 0.333. The van der Waals surface area contributed by atoms with E-state index in [9.17, 15) is 13.2 Å². The van der Waals surface area contributed by atoms with Crippen molar-refractivity contribution in [3.8, 4) is 0 Å². The minimum absolute atomic E-state index is 0.273. The quantitative estimate of drug-likeness (QED) is 0.631. The fourth-order valence-corrected chi connectivity index (χ4v) is 4.78. The number of hydrogen-bond acceptors (Lipinski definition) is 5. The highest BCUT2D eigenvalue weighted by atomic mass is 35.5. The predicted molar refractivity (Wildman–Crippen MR) is 122 cm³/mol. The molecule has 1 aromatic heterocycles. The average Bonchev–Trinajstić information content (AvgIpc) is 3.02. The first-order valence-electron chi connectivity index (χ1n) is 9.91. The second-order valence-electron chi connectivity index (χ2n) is 7.66. The first kappa shape index (κ1) is 21.8. The van der Waals surface area contributed by atoms with Crippen LogP contribution in [-0.2, 0) is 23.6 Å². The van der Waals surface area contributed by atoms with Gasteiger partial charge >= 0.3 is 0 Å². The lowest BCUT2D eigenvalue weighted by Gasteiger charge is -2.32. The van der Waals surface area contributed by atoms with Gasteiger partial charge in [-0.05, 0) is 30.3 Å². The van der Waals surface area contributed by atoms with Crippen LogP contribution in [-0.4, -0.2) is 65.5 Å². The van der Waals surface area contributed by atoms with Gasteiger partial charge in [-0.15, -0.1) is 0 Å². The molecular formula is C21H24ClN5O3S. The predicted octanol–water partition coefficient (Wildman–Crippen LogP) is 2.56. The van der Waals surface area contributed by atoms with Crippen molar-refractivity contribution in [1.82, 2.24) is 18.8 Å². The topological polar surface area (TPSA) is 87.5 Å². The van der Waals surface area contributed by atoms with Crippen molar-refractivity contribution in [2.75, 3.05) is 37.8 Å². The van der Waals surface area contributed by atoms with Gasteiger partial charge < -0.3 is 9.88 Å². The summed E-state index contributed by atoms with van der Waals surface area (Å²) in [6.07, 6.45) is 1.25. The van der Waals surface area contributed by atoms with E-state index in [0.717, 1.165) is 16.9 Å². The maximum absolute atomic E-state index is 12.5. The number of benzene rings is 2. The molecule has 1 N–H and O–H groups in total. The number of aryl methyl sites for hydroxylation is 1. The SMILES string of the molecule is Cn1c(CN2CCN(S(C)(=O)=O)CC2)nc2cc(NC(=O)c3ccccc3Cl)ccc21. The number of hydrogen-bond donors (Lipinski definition) is 1. The first-order valence-corrected chi connectivity index (χ1v) is 12.1. The first-order chi connectivity index (χ1) is 14.7.